The van der Waals surface area contributed by atoms with Gasteiger partial charge >= 0.3 is 0 Å². The Morgan fingerprint density at radius 2 is 2.06 bits per heavy atom. The summed E-state index contributed by atoms with van der Waals surface area (Å²) in [6.45, 7) is 6.95. The van der Waals surface area contributed by atoms with Crippen molar-refractivity contribution in [3.8, 4) is 0 Å². The van der Waals surface area contributed by atoms with Crippen LogP contribution in [0.25, 0.3) is 0 Å². The maximum Gasteiger partial charge on any atom is 0.221 e. The topological polar surface area (TPSA) is 53.6 Å². The third-order valence-corrected chi connectivity index (χ3v) is 2.25. The van der Waals surface area contributed by atoms with E-state index in [4.69, 9.17) is 4.74 Å². The Morgan fingerprint density at radius 1 is 1.31 bits per heavy atom. The van der Waals surface area contributed by atoms with E-state index in [0.29, 0.717) is 13.0 Å². The maximum atomic E-state index is 11.1. The number of hydrogen-bond acceptors (Lipinski definition) is 4. The van der Waals surface area contributed by atoms with Crippen molar-refractivity contribution in [1.29, 1.82) is 0 Å². The maximum absolute atomic E-state index is 11.1. The summed E-state index contributed by atoms with van der Waals surface area (Å²) in [5.41, 5.74) is 0. The normalized spacial score (nSPS) is 10.8. The molecule has 0 bridgehead atoms. The van der Waals surface area contributed by atoms with E-state index in [2.05, 4.69) is 22.6 Å². The van der Waals surface area contributed by atoms with Crippen molar-refractivity contribution < 1.29 is 9.53 Å². The van der Waals surface area contributed by atoms with Crippen LogP contribution in [0.15, 0.2) is 0 Å². The Bertz CT molecular complexity index is 177. The first-order chi connectivity index (χ1) is 7.70. The average molecular weight is 231 g/mol. The number of nitrogens with zero attached hydrogens (tertiary/aromatic N) is 1. The summed E-state index contributed by atoms with van der Waals surface area (Å²) in [5.74, 6) is 0.114. The first kappa shape index (κ1) is 15.3. The first-order valence-corrected chi connectivity index (χ1v) is 5.85. The van der Waals surface area contributed by atoms with Crippen LogP contribution in [0.4, 0.5) is 0 Å². The Balaban J connectivity index is 3.23. The molecule has 0 aromatic heterocycles. The van der Waals surface area contributed by atoms with Gasteiger partial charge in [0.2, 0.25) is 5.91 Å². The van der Waals surface area contributed by atoms with Gasteiger partial charge in [0, 0.05) is 46.3 Å². The van der Waals surface area contributed by atoms with Crippen molar-refractivity contribution >= 4 is 5.91 Å². The lowest BCUT2D eigenvalue weighted by Gasteiger charge is -2.16. The lowest BCUT2D eigenvalue weighted by Crippen LogP contribution is -2.33. The lowest BCUT2D eigenvalue weighted by atomic mass is 10.4. The monoisotopic (exact) mass is 231 g/mol. The fourth-order valence-electron chi connectivity index (χ4n) is 1.24. The zero-order chi connectivity index (χ0) is 12.2. The van der Waals surface area contributed by atoms with E-state index in [1.54, 1.807) is 7.11 Å². The second-order valence-corrected chi connectivity index (χ2v) is 3.75. The molecule has 0 aromatic carbocycles. The molecule has 0 aliphatic heterocycles. The van der Waals surface area contributed by atoms with Gasteiger partial charge in [0.1, 0.15) is 0 Å². The predicted octanol–water partition coefficient (Wildman–Crippen LogP) is -0.320. The molecule has 0 aromatic rings. The van der Waals surface area contributed by atoms with Crippen molar-refractivity contribution in [3.05, 3.63) is 0 Å². The molecular formula is C11H25N3O2. The fourth-order valence-corrected chi connectivity index (χ4v) is 1.24. The minimum absolute atomic E-state index is 0.114. The number of ether oxygens (including phenoxy) is 1. The van der Waals surface area contributed by atoms with E-state index in [0.717, 1.165) is 32.8 Å². The highest BCUT2D eigenvalue weighted by molar-refractivity contribution is 5.75. The summed E-state index contributed by atoms with van der Waals surface area (Å²) in [6, 6.07) is 0. The molecule has 2 N–H and O–H groups in total. The molecule has 0 rings (SSSR count). The number of nitrogens with one attached hydrogen (secondary N) is 2. The van der Waals surface area contributed by atoms with E-state index in [9.17, 15) is 4.79 Å². The smallest absolute Gasteiger partial charge is 0.221 e. The molecule has 0 aliphatic rings. The molecule has 5 heteroatoms. The number of carbonyl (C=O) groups excluding carboxylic acids is 1. The van der Waals surface area contributed by atoms with Gasteiger partial charge in [-0.25, -0.2) is 0 Å². The molecule has 16 heavy (non-hydrogen) atoms. The molecule has 0 fully saturated rings. The summed E-state index contributed by atoms with van der Waals surface area (Å²) in [5, 5.41) is 6.01. The standard InChI is InChI=1S/C11H25N3O2/c1-4-13-11(15)5-6-12-7-8-14(2)9-10-16-3/h12H,4-10H2,1-3H3,(H,13,15). The van der Waals surface area contributed by atoms with Crippen molar-refractivity contribution in [3.63, 3.8) is 0 Å². The largest absolute Gasteiger partial charge is 0.383 e. The number of carbonyl (C=O) groups is 1. The van der Waals surface area contributed by atoms with Crippen molar-refractivity contribution in [1.82, 2.24) is 15.5 Å². The van der Waals surface area contributed by atoms with Crippen LogP contribution in [0, 0.1) is 0 Å². The highest BCUT2D eigenvalue weighted by Crippen LogP contribution is 1.82. The molecule has 0 saturated carbocycles. The second kappa shape index (κ2) is 10.9. The zero-order valence-electron chi connectivity index (χ0n) is 10.7. The summed E-state index contributed by atoms with van der Waals surface area (Å²) in [7, 11) is 3.77. The van der Waals surface area contributed by atoms with E-state index in [1.807, 2.05) is 6.92 Å². The number of likely N-dealkylation sites (N-methyl/N-ethyl adjacent to an activating group) is 1. The molecule has 96 valence electrons. The second-order valence-electron chi connectivity index (χ2n) is 3.75. The van der Waals surface area contributed by atoms with Crippen LogP contribution >= 0.6 is 0 Å². The van der Waals surface area contributed by atoms with Gasteiger partial charge in [-0.15, -0.1) is 0 Å². The Labute approximate surface area is 98.5 Å². The molecule has 0 saturated heterocycles. The number of amides is 1. The van der Waals surface area contributed by atoms with Gasteiger partial charge in [-0.3, -0.25) is 4.79 Å². The van der Waals surface area contributed by atoms with Crippen LogP contribution in [0.2, 0.25) is 0 Å². The highest BCUT2D eigenvalue weighted by Gasteiger charge is 1.99. The molecule has 5 nitrogen and oxygen atoms in total. The van der Waals surface area contributed by atoms with E-state index in [-0.39, 0.29) is 5.91 Å². The summed E-state index contributed by atoms with van der Waals surface area (Å²) < 4.78 is 4.98. The summed E-state index contributed by atoms with van der Waals surface area (Å²) >= 11 is 0. The van der Waals surface area contributed by atoms with Gasteiger partial charge in [-0.1, -0.05) is 0 Å². The molecule has 0 unspecified atom stereocenters. The van der Waals surface area contributed by atoms with Crippen molar-refractivity contribution in [2.24, 2.45) is 0 Å². The lowest BCUT2D eigenvalue weighted by molar-refractivity contribution is -0.120. The van der Waals surface area contributed by atoms with Gasteiger partial charge < -0.3 is 20.3 Å². The van der Waals surface area contributed by atoms with Crippen LogP contribution in [0.1, 0.15) is 13.3 Å². The molecule has 1 amide bonds. The molecule has 0 spiro atoms. The van der Waals surface area contributed by atoms with E-state index >= 15 is 0 Å². The minimum atomic E-state index is 0.114. The summed E-state index contributed by atoms with van der Waals surface area (Å²) in [4.78, 5) is 13.3. The number of methoxy groups -OCH3 is 1. The van der Waals surface area contributed by atoms with Crippen LogP contribution in [0.5, 0.6) is 0 Å². The minimum Gasteiger partial charge on any atom is -0.383 e. The third kappa shape index (κ3) is 9.89. The molecule has 0 atom stereocenters. The van der Waals surface area contributed by atoms with Gasteiger partial charge in [0.25, 0.3) is 0 Å². The van der Waals surface area contributed by atoms with Crippen molar-refractivity contribution in [2.45, 2.75) is 13.3 Å². The van der Waals surface area contributed by atoms with E-state index in [1.165, 1.54) is 0 Å². The van der Waals surface area contributed by atoms with Gasteiger partial charge in [0.05, 0.1) is 6.61 Å². The van der Waals surface area contributed by atoms with Gasteiger partial charge in [-0.2, -0.15) is 0 Å². The molecule has 0 radical (unpaired) electrons. The van der Waals surface area contributed by atoms with Crippen LogP contribution in [0.3, 0.4) is 0 Å². The molecular weight excluding hydrogens is 206 g/mol. The molecule has 0 aliphatic carbocycles. The first-order valence-electron chi connectivity index (χ1n) is 5.85. The van der Waals surface area contributed by atoms with Gasteiger partial charge in [-0.05, 0) is 14.0 Å². The molecule has 0 heterocycles. The van der Waals surface area contributed by atoms with Crippen molar-refractivity contribution in [2.75, 3.05) is 53.5 Å². The Morgan fingerprint density at radius 3 is 2.69 bits per heavy atom. The van der Waals surface area contributed by atoms with E-state index < -0.39 is 0 Å². The van der Waals surface area contributed by atoms with Crippen LogP contribution < -0.4 is 10.6 Å². The number of rotatable bonds is 10. The fraction of sp³-hybridized carbons (Fsp3) is 0.909. The zero-order valence-corrected chi connectivity index (χ0v) is 10.7. The van der Waals surface area contributed by atoms with Crippen LogP contribution in [-0.2, 0) is 9.53 Å². The Kier molecular flexibility index (Phi) is 10.4. The summed E-state index contributed by atoms with van der Waals surface area (Å²) in [6.07, 6.45) is 0.551. The highest BCUT2D eigenvalue weighted by atomic mass is 16.5. The Hall–Kier alpha value is -0.650. The predicted molar refractivity (Wildman–Crippen MR) is 65.5 cm³/mol. The van der Waals surface area contributed by atoms with Crippen LogP contribution in [-0.4, -0.2) is 64.3 Å². The SMILES string of the molecule is CCNC(=O)CCNCCN(C)CCOC. The third-order valence-electron chi connectivity index (χ3n) is 2.25. The average Bonchev–Trinajstić information content (AvgIpc) is 2.26. The quantitative estimate of drug-likeness (QED) is 0.506. The van der Waals surface area contributed by atoms with Gasteiger partial charge in [0.15, 0.2) is 0 Å². The number of hydrogen-bond donors (Lipinski definition) is 2.